The zero-order chi connectivity index (χ0) is 21.5. The number of pyridine rings is 1. The molecule has 0 N–H and O–H groups in total. The Labute approximate surface area is 186 Å². The van der Waals surface area contributed by atoms with Gasteiger partial charge >= 0.3 is 0 Å². The van der Waals surface area contributed by atoms with Crippen molar-refractivity contribution in [3.05, 3.63) is 115 Å². The number of fused-ring (bicyclic) bond motifs is 3. The number of aryl methyl sites for hydroxylation is 1. The number of aromatic nitrogens is 1. The number of hydrogen-bond donors (Lipinski definition) is 0. The Morgan fingerprint density at radius 2 is 1.34 bits per heavy atom. The molecule has 6 aromatic rings. The second-order valence-electron chi connectivity index (χ2n) is 8.15. The smallest absolute Gasteiger partial charge is 0.143 e. The van der Waals surface area contributed by atoms with Gasteiger partial charge in [-0.15, -0.1) is 0 Å². The summed E-state index contributed by atoms with van der Waals surface area (Å²) in [6.45, 7) is 2.08. The van der Waals surface area contributed by atoms with Gasteiger partial charge in [0.05, 0.1) is 0 Å². The molecule has 0 atom stereocenters. The predicted octanol–water partition coefficient (Wildman–Crippen LogP) is 8.31. The minimum absolute atomic E-state index is 0.831. The van der Waals surface area contributed by atoms with Gasteiger partial charge in [0.1, 0.15) is 11.5 Å². The van der Waals surface area contributed by atoms with Crippen molar-refractivity contribution in [2.24, 2.45) is 0 Å². The van der Waals surface area contributed by atoms with Crippen LogP contribution >= 0.6 is 0 Å². The molecule has 6 rings (SSSR count). The van der Waals surface area contributed by atoms with E-state index in [1.807, 2.05) is 24.5 Å². The highest BCUT2D eigenvalue weighted by molar-refractivity contribution is 6.17. The molecule has 0 radical (unpaired) electrons. The molecule has 0 saturated carbocycles. The maximum absolute atomic E-state index is 6.49. The van der Waals surface area contributed by atoms with Gasteiger partial charge in [-0.25, -0.2) is 0 Å². The van der Waals surface area contributed by atoms with E-state index in [0.29, 0.717) is 0 Å². The minimum atomic E-state index is 0.831. The van der Waals surface area contributed by atoms with E-state index < -0.39 is 0 Å². The van der Waals surface area contributed by atoms with Gasteiger partial charge in [-0.3, -0.25) is 4.98 Å². The molecule has 0 fully saturated rings. The molecule has 0 bridgehead atoms. The fourth-order valence-electron chi connectivity index (χ4n) is 4.47. The van der Waals surface area contributed by atoms with E-state index in [1.54, 1.807) is 0 Å². The third-order valence-electron chi connectivity index (χ3n) is 6.06. The van der Waals surface area contributed by atoms with Crippen LogP contribution in [-0.2, 0) is 0 Å². The number of rotatable bonds is 3. The first-order valence-electron chi connectivity index (χ1n) is 10.8. The highest BCUT2D eigenvalue weighted by Crippen LogP contribution is 2.44. The molecule has 1 aromatic heterocycles. The Morgan fingerprint density at radius 3 is 2.19 bits per heavy atom. The van der Waals surface area contributed by atoms with Gasteiger partial charge in [0.25, 0.3) is 0 Å². The van der Waals surface area contributed by atoms with Gasteiger partial charge in [0.15, 0.2) is 0 Å². The maximum Gasteiger partial charge on any atom is 0.143 e. The summed E-state index contributed by atoms with van der Waals surface area (Å²) in [7, 11) is 0. The van der Waals surface area contributed by atoms with E-state index in [-0.39, 0.29) is 0 Å². The predicted molar refractivity (Wildman–Crippen MR) is 133 cm³/mol. The summed E-state index contributed by atoms with van der Waals surface area (Å²) in [6.07, 6.45) is 3.79. The number of benzene rings is 5. The van der Waals surface area contributed by atoms with Crippen molar-refractivity contribution < 1.29 is 4.74 Å². The molecule has 0 unspecified atom stereocenters. The first-order valence-corrected chi connectivity index (χ1v) is 10.8. The largest absolute Gasteiger partial charge is 0.456 e. The van der Waals surface area contributed by atoms with Crippen molar-refractivity contribution in [2.75, 3.05) is 0 Å². The van der Waals surface area contributed by atoms with Crippen LogP contribution in [0.15, 0.2) is 109 Å². The van der Waals surface area contributed by atoms with Crippen LogP contribution in [0, 0.1) is 6.92 Å². The fraction of sp³-hybridized carbons (Fsp3) is 0.0333. The zero-order valence-corrected chi connectivity index (χ0v) is 17.7. The lowest BCUT2D eigenvalue weighted by Crippen LogP contribution is -1.93. The molecule has 1 heterocycles. The van der Waals surface area contributed by atoms with Crippen LogP contribution in [0.1, 0.15) is 5.56 Å². The van der Waals surface area contributed by atoms with Gasteiger partial charge in [-0.1, -0.05) is 78.4 Å². The molecule has 2 nitrogen and oxygen atoms in total. The van der Waals surface area contributed by atoms with E-state index in [1.165, 1.54) is 27.5 Å². The molecule has 0 amide bonds. The molecule has 0 saturated heterocycles. The first-order chi connectivity index (χ1) is 15.8. The summed E-state index contributed by atoms with van der Waals surface area (Å²) < 4.78 is 6.49. The summed E-state index contributed by atoms with van der Waals surface area (Å²) in [6, 6.07) is 33.9. The molecule has 0 aliphatic carbocycles. The highest BCUT2D eigenvalue weighted by Gasteiger charge is 2.17. The van der Waals surface area contributed by atoms with Gasteiger partial charge in [-0.2, -0.15) is 0 Å². The van der Waals surface area contributed by atoms with Crippen LogP contribution in [0.3, 0.4) is 0 Å². The van der Waals surface area contributed by atoms with Crippen LogP contribution < -0.4 is 4.74 Å². The van der Waals surface area contributed by atoms with Crippen LogP contribution in [0.4, 0.5) is 0 Å². The van der Waals surface area contributed by atoms with Crippen molar-refractivity contribution in [2.45, 2.75) is 6.92 Å². The van der Waals surface area contributed by atoms with Gasteiger partial charge in [0.2, 0.25) is 0 Å². The van der Waals surface area contributed by atoms with Crippen molar-refractivity contribution >= 4 is 32.3 Å². The maximum atomic E-state index is 6.49. The average Bonchev–Trinajstić information content (AvgIpc) is 2.85. The second kappa shape index (κ2) is 7.51. The van der Waals surface area contributed by atoms with Gasteiger partial charge < -0.3 is 4.74 Å². The SMILES string of the molecule is Cc1ccc(Oc2c3ccccc3c(-c3ccc4ccccc4c3)c3cnccc23)cc1. The van der Waals surface area contributed by atoms with E-state index >= 15 is 0 Å². The molecule has 0 aliphatic heterocycles. The van der Waals surface area contributed by atoms with E-state index in [0.717, 1.165) is 33.0 Å². The summed E-state index contributed by atoms with van der Waals surface area (Å²) in [5.74, 6) is 1.70. The molecule has 5 aromatic carbocycles. The third kappa shape index (κ3) is 3.09. The number of hydrogen-bond acceptors (Lipinski definition) is 2. The lowest BCUT2D eigenvalue weighted by Gasteiger charge is -2.17. The van der Waals surface area contributed by atoms with E-state index in [2.05, 4.69) is 96.8 Å². The Hall–Kier alpha value is -4.17. The van der Waals surface area contributed by atoms with Crippen molar-refractivity contribution in [1.82, 2.24) is 4.98 Å². The lowest BCUT2D eigenvalue weighted by molar-refractivity contribution is 0.493. The highest BCUT2D eigenvalue weighted by atomic mass is 16.5. The van der Waals surface area contributed by atoms with Crippen LogP contribution in [0.25, 0.3) is 43.4 Å². The Balaban J connectivity index is 1.66. The quantitative estimate of drug-likeness (QED) is 0.273. The number of nitrogens with zero attached hydrogens (tertiary/aromatic N) is 1. The van der Waals surface area contributed by atoms with Crippen LogP contribution in [-0.4, -0.2) is 4.98 Å². The summed E-state index contributed by atoms with van der Waals surface area (Å²) in [4.78, 5) is 4.47. The summed E-state index contributed by atoms with van der Waals surface area (Å²) in [5.41, 5.74) is 3.58. The standard InChI is InChI=1S/C30H21NO/c1-20-10-14-24(15-11-20)32-30-26-9-5-4-8-25(26)29(28-19-31-17-16-27(28)30)23-13-12-21-6-2-3-7-22(21)18-23/h2-19H,1H3. The zero-order valence-electron chi connectivity index (χ0n) is 17.7. The Kier molecular flexibility index (Phi) is 4.36. The van der Waals surface area contributed by atoms with E-state index in [9.17, 15) is 0 Å². The first kappa shape index (κ1) is 18.6. The normalized spacial score (nSPS) is 11.3. The lowest BCUT2D eigenvalue weighted by atomic mass is 9.91. The molecule has 0 spiro atoms. The van der Waals surface area contributed by atoms with Crippen molar-refractivity contribution in [3.63, 3.8) is 0 Å². The van der Waals surface area contributed by atoms with Crippen LogP contribution in [0.2, 0.25) is 0 Å². The molecule has 152 valence electrons. The second-order valence-corrected chi connectivity index (χ2v) is 8.15. The fourth-order valence-corrected chi connectivity index (χ4v) is 4.47. The van der Waals surface area contributed by atoms with E-state index in [4.69, 9.17) is 4.74 Å². The van der Waals surface area contributed by atoms with Gasteiger partial charge in [-0.05, 0) is 58.5 Å². The van der Waals surface area contributed by atoms with Crippen LogP contribution in [0.5, 0.6) is 11.5 Å². The molecule has 0 aliphatic rings. The summed E-state index contributed by atoms with van der Waals surface area (Å²) >= 11 is 0. The summed E-state index contributed by atoms with van der Waals surface area (Å²) in [5, 5.41) is 6.86. The Morgan fingerprint density at radius 1 is 0.625 bits per heavy atom. The monoisotopic (exact) mass is 411 g/mol. The van der Waals surface area contributed by atoms with Gasteiger partial charge in [0, 0.05) is 28.6 Å². The van der Waals surface area contributed by atoms with Crippen molar-refractivity contribution in [3.8, 4) is 22.6 Å². The third-order valence-corrected chi connectivity index (χ3v) is 6.06. The molecule has 2 heteroatoms. The van der Waals surface area contributed by atoms with Crippen molar-refractivity contribution in [1.29, 1.82) is 0 Å². The average molecular weight is 412 g/mol. The topological polar surface area (TPSA) is 22.1 Å². The molecule has 32 heavy (non-hydrogen) atoms. The Bertz CT molecular complexity index is 1540. The molecular formula is C30H21NO. The minimum Gasteiger partial charge on any atom is -0.456 e. The number of ether oxygens (including phenoxy) is 1. The molecular weight excluding hydrogens is 390 g/mol.